The first-order valence-corrected chi connectivity index (χ1v) is 6.74. The molecule has 2 rings (SSSR count). The van der Waals surface area contributed by atoms with Crippen LogP contribution in [0.15, 0.2) is 24.3 Å². The van der Waals surface area contributed by atoms with Crippen molar-refractivity contribution in [3.63, 3.8) is 0 Å². The minimum atomic E-state index is -1.21. The molecule has 0 saturated heterocycles. The standard InChI is InChI=1S/C15H19NO3/c17-10-11-5-4-6-12(9-11)14(18)15(19)16-13-7-2-1-3-8-13/h4-6,9-10,13-14,18H,1-3,7-8H2,(H,16,19). The zero-order valence-electron chi connectivity index (χ0n) is 10.8. The van der Waals surface area contributed by atoms with Crippen molar-refractivity contribution in [1.29, 1.82) is 0 Å². The summed E-state index contributed by atoms with van der Waals surface area (Å²) >= 11 is 0. The lowest BCUT2D eigenvalue weighted by molar-refractivity contribution is -0.130. The fourth-order valence-electron chi connectivity index (χ4n) is 2.48. The van der Waals surface area contributed by atoms with Crippen molar-refractivity contribution in [3.8, 4) is 0 Å². The monoisotopic (exact) mass is 261 g/mol. The van der Waals surface area contributed by atoms with Crippen LogP contribution in [0.1, 0.15) is 54.1 Å². The fraction of sp³-hybridized carbons (Fsp3) is 0.467. The van der Waals surface area contributed by atoms with Gasteiger partial charge >= 0.3 is 0 Å². The van der Waals surface area contributed by atoms with Crippen LogP contribution in [0.4, 0.5) is 0 Å². The molecule has 1 aliphatic rings. The Balaban J connectivity index is 1.99. The highest BCUT2D eigenvalue weighted by Gasteiger charge is 2.22. The Morgan fingerprint density at radius 3 is 2.74 bits per heavy atom. The van der Waals surface area contributed by atoms with Crippen LogP contribution < -0.4 is 5.32 Å². The lowest BCUT2D eigenvalue weighted by atomic mass is 9.95. The summed E-state index contributed by atoms with van der Waals surface area (Å²) in [6, 6.07) is 6.67. The number of nitrogens with one attached hydrogen (secondary N) is 1. The van der Waals surface area contributed by atoms with E-state index < -0.39 is 6.10 Å². The summed E-state index contributed by atoms with van der Waals surface area (Å²) in [5, 5.41) is 12.9. The molecule has 0 heterocycles. The summed E-state index contributed by atoms with van der Waals surface area (Å²) in [6.45, 7) is 0. The van der Waals surface area contributed by atoms with Crippen LogP contribution in [0.2, 0.25) is 0 Å². The van der Waals surface area contributed by atoms with Crippen molar-refractivity contribution in [3.05, 3.63) is 35.4 Å². The molecule has 4 heteroatoms. The second-order valence-corrected chi connectivity index (χ2v) is 5.03. The highest BCUT2D eigenvalue weighted by molar-refractivity contribution is 5.83. The van der Waals surface area contributed by atoms with Gasteiger partial charge in [-0.3, -0.25) is 9.59 Å². The number of carbonyl (C=O) groups is 2. The molecular weight excluding hydrogens is 242 g/mol. The van der Waals surface area contributed by atoms with E-state index in [9.17, 15) is 14.7 Å². The third-order valence-corrected chi connectivity index (χ3v) is 3.56. The summed E-state index contributed by atoms with van der Waals surface area (Å²) in [6.07, 6.45) is 4.93. The highest BCUT2D eigenvalue weighted by atomic mass is 16.3. The van der Waals surface area contributed by atoms with Crippen LogP contribution in [0.25, 0.3) is 0 Å². The van der Waals surface area contributed by atoms with Gasteiger partial charge in [-0.15, -0.1) is 0 Å². The average molecular weight is 261 g/mol. The van der Waals surface area contributed by atoms with Crippen LogP contribution >= 0.6 is 0 Å². The molecule has 0 radical (unpaired) electrons. The molecule has 1 aliphatic carbocycles. The van der Waals surface area contributed by atoms with E-state index in [2.05, 4.69) is 5.32 Å². The predicted octanol–water partition coefficient (Wildman–Crippen LogP) is 1.98. The van der Waals surface area contributed by atoms with E-state index in [1.165, 1.54) is 12.5 Å². The molecule has 0 bridgehead atoms. The summed E-state index contributed by atoms with van der Waals surface area (Å²) in [5.41, 5.74) is 0.917. The second kappa shape index (κ2) is 6.48. The maximum Gasteiger partial charge on any atom is 0.253 e. The van der Waals surface area contributed by atoms with E-state index in [0.717, 1.165) is 25.7 Å². The number of hydrogen-bond acceptors (Lipinski definition) is 3. The molecule has 4 nitrogen and oxygen atoms in total. The third kappa shape index (κ3) is 3.64. The number of carbonyl (C=O) groups excluding carboxylic acids is 2. The van der Waals surface area contributed by atoms with Gasteiger partial charge in [0.1, 0.15) is 6.29 Å². The van der Waals surface area contributed by atoms with Crippen molar-refractivity contribution >= 4 is 12.2 Å². The third-order valence-electron chi connectivity index (χ3n) is 3.56. The van der Waals surface area contributed by atoms with Gasteiger partial charge in [0, 0.05) is 11.6 Å². The van der Waals surface area contributed by atoms with E-state index in [-0.39, 0.29) is 11.9 Å². The highest BCUT2D eigenvalue weighted by Crippen LogP contribution is 2.19. The van der Waals surface area contributed by atoms with E-state index in [0.29, 0.717) is 17.4 Å². The Hall–Kier alpha value is -1.68. The topological polar surface area (TPSA) is 66.4 Å². The van der Waals surface area contributed by atoms with Crippen LogP contribution in [0, 0.1) is 0 Å². The molecule has 1 saturated carbocycles. The van der Waals surface area contributed by atoms with Crippen LogP contribution in [-0.4, -0.2) is 23.3 Å². The fourth-order valence-corrected chi connectivity index (χ4v) is 2.48. The molecule has 1 aromatic carbocycles. The van der Waals surface area contributed by atoms with E-state index >= 15 is 0 Å². The molecular formula is C15H19NO3. The van der Waals surface area contributed by atoms with Gasteiger partial charge in [0.15, 0.2) is 6.10 Å². The first-order valence-electron chi connectivity index (χ1n) is 6.74. The quantitative estimate of drug-likeness (QED) is 0.814. The van der Waals surface area contributed by atoms with E-state index in [1.807, 2.05) is 0 Å². The Kier molecular flexibility index (Phi) is 4.68. The Labute approximate surface area is 112 Å². The first-order chi connectivity index (χ1) is 9.20. The number of aliphatic hydroxyl groups excluding tert-OH is 1. The van der Waals surface area contributed by atoms with Gasteiger partial charge in [-0.05, 0) is 24.5 Å². The van der Waals surface area contributed by atoms with Gasteiger partial charge in [-0.2, -0.15) is 0 Å². The molecule has 1 atom stereocenters. The molecule has 0 aliphatic heterocycles. The zero-order chi connectivity index (χ0) is 13.7. The number of rotatable bonds is 4. The van der Waals surface area contributed by atoms with Crippen molar-refractivity contribution in [2.75, 3.05) is 0 Å². The summed E-state index contributed by atoms with van der Waals surface area (Å²) in [4.78, 5) is 22.6. The maximum absolute atomic E-state index is 12.0. The predicted molar refractivity (Wildman–Crippen MR) is 71.8 cm³/mol. The van der Waals surface area contributed by atoms with Gasteiger partial charge in [0.2, 0.25) is 0 Å². The normalized spacial score (nSPS) is 17.7. The summed E-state index contributed by atoms with van der Waals surface area (Å²) < 4.78 is 0. The Morgan fingerprint density at radius 1 is 1.32 bits per heavy atom. The van der Waals surface area contributed by atoms with Crippen LogP contribution in [0.3, 0.4) is 0 Å². The maximum atomic E-state index is 12.0. The molecule has 0 spiro atoms. The van der Waals surface area contributed by atoms with Gasteiger partial charge in [-0.1, -0.05) is 37.5 Å². The molecule has 1 amide bonds. The van der Waals surface area contributed by atoms with Gasteiger partial charge in [-0.25, -0.2) is 0 Å². The second-order valence-electron chi connectivity index (χ2n) is 5.03. The lowest BCUT2D eigenvalue weighted by Crippen LogP contribution is -2.39. The summed E-state index contributed by atoms with van der Waals surface area (Å²) in [7, 11) is 0. The minimum absolute atomic E-state index is 0.171. The smallest absolute Gasteiger partial charge is 0.253 e. The van der Waals surface area contributed by atoms with Crippen molar-refractivity contribution in [2.24, 2.45) is 0 Å². The van der Waals surface area contributed by atoms with Crippen LogP contribution in [0.5, 0.6) is 0 Å². The average Bonchev–Trinajstić information content (AvgIpc) is 2.47. The largest absolute Gasteiger partial charge is 0.378 e. The lowest BCUT2D eigenvalue weighted by Gasteiger charge is -2.24. The molecule has 1 fully saturated rings. The van der Waals surface area contributed by atoms with E-state index in [4.69, 9.17) is 0 Å². The van der Waals surface area contributed by atoms with Gasteiger partial charge in [0.25, 0.3) is 5.91 Å². The number of benzene rings is 1. The molecule has 102 valence electrons. The number of aliphatic hydroxyl groups is 1. The SMILES string of the molecule is O=Cc1cccc(C(O)C(=O)NC2CCCCC2)c1. The number of amides is 1. The molecule has 2 N–H and O–H groups in total. The van der Waals surface area contributed by atoms with Crippen LogP contribution in [-0.2, 0) is 4.79 Å². The Morgan fingerprint density at radius 2 is 2.05 bits per heavy atom. The molecule has 1 aromatic rings. The van der Waals surface area contributed by atoms with Crippen molar-refractivity contribution in [1.82, 2.24) is 5.32 Å². The zero-order valence-corrected chi connectivity index (χ0v) is 10.8. The Bertz CT molecular complexity index is 452. The molecule has 0 aromatic heterocycles. The van der Waals surface area contributed by atoms with E-state index in [1.54, 1.807) is 18.2 Å². The van der Waals surface area contributed by atoms with Gasteiger partial charge in [0.05, 0.1) is 0 Å². The minimum Gasteiger partial charge on any atom is -0.378 e. The number of aldehydes is 1. The molecule has 1 unspecified atom stereocenters. The number of hydrogen-bond donors (Lipinski definition) is 2. The first kappa shape index (κ1) is 13.7. The van der Waals surface area contributed by atoms with Crippen molar-refractivity contribution in [2.45, 2.75) is 44.2 Å². The van der Waals surface area contributed by atoms with Gasteiger partial charge < -0.3 is 10.4 Å². The molecule has 19 heavy (non-hydrogen) atoms. The van der Waals surface area contributed by atoms with Crippen molar-refractivity contribution < 1.29 is 14.7 Å². The summed E-state index contributed by atoms with van der Waals surface area (Å²) in [5.74, 6) is -0.380.